The molecule has 1 heterocycles. The fourth-order valence-corrected chi connectivity index (χ4v) is 1.52. The third kappa shape index (κ3) is 2.67. The van der Waals surface area contributed by atoms with Crippen LogP contribution < -0.4 is 14.8 Å². The van der Waals surface area contributed by atoms with Gasteiger partial charge >= 0.3 is 0 Å². The maximum absolute atomic E-state index is 11.7. The van der Waals surface area contributed by atoms with Gasteiger partial charge in [0.2, 0.25) is 0 Å². The topological polar surface area (TPSA) is 71.4 Å². The van der Waals surface area contributed by atoms with Gasteiger partial charge in [-0.3, -0.25) is 4.79 Å². The second-order valence-corrected chi connectivity index (χ2v) is 3.52. The van der Waals surface area contributed by atoms with Crippen LogP contribution in [0.2, 0.25) is 0 Å². The first-order valence-electron chi connectivity index (χ1n) is 5.36. The molecule has 1 aromatic carbocycles. The fraction of sp³-hybridized carbons (Fsp3) is 0.333. The average molecular weight is 232 g/mol. The molecule has 88 valence electrons. The Morgan fingerprint density at radius 2 is 2.12 bits per heavy atom. The minimum Gasteiger partial charge on any atom is -0.486 e. The SMILES string of the molecule is N#CCCNC(=O)c1ccc2c(c1)OCCO2. The Labute approximate surface area is 98.9 Å². The predicted molar refractivity (Wildman–Crippen MR) is 60.0 cm³/mol. The van der Waals surface area contributed by atoms with Gasteiger partial charge in [0.05, 0.1) is 12.5 Å². The van der Waals surface area contributed by atoms with Gasteiger partial charge in [-0.15, -0.1) is 0 Å². The lowest BCUT2D eigenvalue weighted by atomic mass is 10.2. The van der Waals surface area contributed by atoms with E-state index in [-0.39, 0.29) is 5.91 Å². The van der Waals surface area contributed by atoms with E-state index in [4.69, 9.17) is 14.7 Å². The van der Waals surface area contributed by atoms with Crippen LogP contribution in [-0.2, 0) is 0 Å². The van der Waals surface area contributed by atoms with Crippen molar-refractivity contribution >= 4 is 5.91 Å². The molecule has 0 aromatic heterocycles. The third-order valence-corrected chi connectivity index (χ3v) is 2.33. The number of hydrogen-bond donors (Lipinski definition) is 1. The summed E-state index contributed by atoms with van der Waals surface area (Å²) < 4.78 is 10.7. The molecule has 0 fully saturated rings. The van der Waals surface area contributed by atoms with Gasteiger partial charge in [0.1, 0.15) is 13.2 Å². The highest BCUT2D eigenvalue weighted by atomic mass is 16.6. The van der Waals surface area contributed by atoms with E-state index < -0.39 is 0 Å². The summed E-state index contributed by atoms with van der Waals surface area (Å²) in [6.45, 7) is 1.37. The van der Waals surface area contributed by atoms with Gasteiger partial charge in [0, 0.05) is 12.1 Å². The Bertz CT molecular complexity index is 465. The highest BCUT2D eigenvalue weighted by molar-refractivity contribution is 5.94. The molecule has 1 amide bonds. The van der Waals surface area contributed by atoms with E-state index in [1.165, 1.54) is 0 Å². The first kappa shape index (κ1) is 11.3. The standard InChI is InChI=1S/C12H12N2O3/c13-4-1-5-14-12(15)9-2-3-10-11(8-9)17-7-6-16-10/h2-3,8H,1,5-7H2,(H,14,15). The summed E-state index contributed by atoms with van der Waals surface area (Å²) in [5.41, 5.74) is 0.507. The molecule has 1 aliphatic heterocycles. The van der Waals surface area contributed by atoms with Gasteiger partial charge in [-0.2, -0.15) is 5.26 Å². The number of hydrogen-bond acceptors (Lipinski definition) is 4. The number of nitriles is 1. The largest absolute Gasteiger partial charge is 0.486 e. The van der Waals surface area contributed by atoms with E-state index in [1.807, 2.05) is 6.07 Å². The number of amides is 1. The molecule has 1 aromatic rings. The minimum atomic E-state index is -0.211. The predicted octanol–water partition coefficient (Wildman–Crippen LogP) is 1.10. The molecular weight excluding hydrogens is 220 g/mol. The molecular formula is C12H12N2O3. The van der Waals surface area contributed by atoms with Crippen LogP contribution in [0, 0.1) is 11.3 Å². The Balaban J connectivity index is 2.06. The zero-order chi connectivity index (χ0) is 12.1. The molecule has 0 radical (unpaired) electrons. The number of rotatable bonds is 3. The van der Waals surface area contributed by atoms with Crippen molar-refractivity contribution in [2.45, 2.75) is 6.42 Å². The molecule has 1 N–H and O–H groups in total. The molecule has 17 heavy (non-hydrogen) atoms. The number of carbonyl (C=O) groups excluding carboxylic acids is 1. The van der Waals surface area contributed by atoms with Crippen LogP contribution in [0.15, 0.2) is 18.2 Å². The highest BCUT2D eigenvalue weighted by Crippen LogP contribution is 2.30. The minimum absolute atomic E-state index is 0.211. The van der Waals surface area contributed by atoms with E-state index >= 15 is 0 Å². The number of ether oxygens (including phenoxy) is 2. The van der Waals surface area contributed by atoms with Crippen LogP contribution in [-0.4, -0.2) is 25.7 Å². The molecule has 0 bridgehead atoms. The molecule has 0 unspecified atom stereocenters. The lowest BCUT2D eigenvalue weighted by molar-refractivity contribution is 0.0953. The first-order valence-corrected chi connectivity index (χ1v) is 5.36. The maximum Gasteiger partial charge on any atom is 0.251 e. The third-order valence-electron chi connectivity index (χ3n) is 2.33. The number of benzene rings is 1. The van der Waals surface area contributed by atoms with E-state index in [9.17, 15) is 4.79 Å². The van der Waals surface area contributed by atoms with Crippen molar-refractivity contribution in [3.8, 4) is 17.6 Å². The van der Waals surface area contributed by atoms with E-state index in [0.717, 1.165) is 0 Å². The monoisotopic (exact) mass is 232 g/mol. The molecule has 0 aliphatic carbocycles. The molecule has 5 heteroatoms. The second kappa shape index (κ2) is 5.21. The van der Waals surface area contributed by atoms with E-state index in [1.54, 1.807) is 18.2 Å². The number of carbonyl (C=O) groups is 1. The quantitative estimate of drug-likeness (QED) is 0.792. The normalized spacial score (nSPS) is 12.6. The smallest absolute Gasteiger partial charge is 0.251 e. The zero-order valence-corrected chi connectivity index (χ0v) is 9.23. The molecule has 0 saturated carbocycles. The molecule has 0 atom stereocenters. The molecule has 0 spiro atoms. The number of nitrogens with zero attached hydrogens (tertiary/aromatic N) is 1. The molecule has 5 nitrogen and oxygen atoms in total. The highest BCUT2D eigenvalue weighted by Gasteiger charge is 2.14. The summed E-state index contributed by atoms with van der Waals surface area (Å²) in [7, 11) is 0. The van der Waals surface area contributed by atoms with E-state index in [2.05, 4.69) is 5.32 Å². The van der Waals surface area contributed by atoms with Crippen LogP contribution in [0.4, 0.5) is 0 Å². The van der Waals surface area contributed by atoms with Crippen LogP contribution in [0.3, 0.4) is 0 Å². The van der Waals surface area contributed by atoms with Crippen molar-refractivity contribution in [3.05, 3.63) is 23.8 Å². The van der Waals surface area contributed by atoms with Crippen molar-refractivity contribution < 1.29 is 14.3 Å². The van der Waals surface area contributed by atoms with Gasteiger partial charge < -0.3 is 14.8 Å². The zero-order valence-electron chi connectivity index (χ0n) is 9.23. The van der Waals surface area contributed by atoms with E-state index in [0.29, 0.717) is 43.2 Å². The Morgan fingerprint density at radius 3 is 2.88 bits per heavy atom. The fourth-order valence-electron chi connectivity index (χ4n) is 1.52. The van der Waals surface area contributed by atoms with Crippen LogP contribution in [0.1, 0.15) is 16.8 Å². The lowest BCUT2D eigenvalue weighted by Gasteiger charge is -2.18. The van der Waals surface area contributed by atoms with Gasteiger partial charge in [-0.1, -0.05) is 0 Å². The van der Waals surface area contributed by atoms with Gasteiger partial charge in [0.15, 0.2) is 11.5 Å². The molecule has 2 rings (SSSR count). The summed E-state index contributed by atoms with van der Waals surface area (Å²) in [6.07, 6.45) is 0.302. The van der Waals surface area contributed by atoms with Crippen molar-refractivity contribution in [1.82, 2.24) is 5.32 Å². The van der Waals surface area contributed by atoms with Crippen molar-refractivity contribution in [2.75, 3.05) is 19.8 Å². The summed E-state index contributed by atoms with van der Waals surface area (Å²) in [5, 5.41) is 11.0. The summed E-state index contributed by atoms with van der Waals surface area (Å²) in [5.74, 6) is 1.03. The summed E-state index contributed by atoms with van der Waals surface area (Å²) in [4.78, 5) is 11.7. The Morgan fingerprint density at radius 1 is 1.35 bits per heavy atom. The molecule has 1 aliphatic rings. The van der Waals surface area contributed by atoms with Crippen molar-refractivity contribution in [2.24, 2.45) is 0 Å². The average Bonchev–Trinajstić information content (AvgIpc) is 2.38. The van der Waals surface area contributed by atoms with Gasteiger partial charge in [-0.25, -0.2) is 0 Å². The second-order valence-electron chi connectivity index (χ2n) is 3.52. The maximum atomic E-state index is 11.7. The number of nitrogens with one attached hydrogen (secondary N) is 1. The van der Waals surface area contributed by atoms with Crippen molar-refractivity contribution in [1.29, 1.82) is 5.26 Å². The van der Waals surface area contributed by atoms with Gasteiger partial charge in [-0.05, 0) is 18.2 Å². The lowest BCUT2D eigenvalue weighted by Crippen LogP contribution is -2.24. The number of fused-ring (bicyclic) bond motifs is 1. The van der Waals surface area contributed by atoms with Crippen LogP contribution >= 0.6 is 0 Å². The van der Waals surface area contributed by atoms with Crippen molar-refractivity contribution in [3.63, 3.8) is 0 Å². The Hall–Kier alpha value is -2.22. The van der Waals surface area contributed by atoms with Crippen LogP contribution in [0.25, 0.3) is 0 Å². The molecule has 0 saturated heterocycles. The van der Waals surface area contributed by atoms with Crippen LogP contribution in [0.5, 0.6) is 11.5 Å². The summed E-state index contributed by atoms with van der Waals surface area (Å²) in [6, 6.07) is 7.01. The van der Waals surface area contributed by atoms with Gasteiger partial charge in [0.25, 0.3) is 5.91 Å². The first-order chi connectivity index (χ1) is 8.31. The Kier molecular flexibility index (Phi) is 3.46. The summed E-state index contributed by atoms with van der Waals surface area (Å²) >= 11 is 0.